The largest absolute Gasteiger partial charge is 0.453 e. The summed E-state index contributed by atoms with van der Waals surface area (Å²) in [5.41, 5.74) is 8.42. The van der Waals surface area contributed by atoms with E-state index < -0.39 is 23.0 Å². The third kappa shape index (κ3) is 10.1. The number of benzene rings is 4. The molecule has 4 aromatic carbocycles. The van der Waals surface area contributed by atoms with Gasteiger partial charge in [-0.3, -0.25) is 0 Å². The van der Waals surface area contributed by atoms with E-state index in [2.05, 4.69) is 10.1 Å². The molecule has 0 aliphatic carbocycles. The molecule has 2 aliphatic rings. The van der Waals surface area contributed by atoms with Gasteiger partial charge in [-0.1, -0.05) is 83.9 Å². The van der Waals surface area contributed by atoms with Gasteiger partial charge in [-0.2, -0.15) is 0 Å². The van der Waals surface area contributed by atoms with Gasteiger partial charge in [0.1, 0.15) is 11.6 Å². The lowest BCUT2D eigenvalue weighted by molar-refractivity contribution is 0.129. The highest BCUT2D eigenvalue weighted by Gasteiger charge is 2.46. The molecule has 0 bridgehead atoms. The molecule has 3 N–H and O–H groups in total. The molecule has 2 unspecified atom stereocenters. The number of amides is 5. The molecular formula is C46H52Cl2F2N6O4. The third-order valence-corrected chi connectivity index (χ3v) is 11.2. The van der Waals surface area contributed by atoms with Crippen molar-refractivity contribution in [2.24, 2.45) is 5.73 Å². The minimum atomic E-state index is -0.815. The predicted octanol–water partition coefficient (Wildman–Crippen LogP) is 9.39. The van der Waals surface area contributed by atoms with Crippen LogP contribution in [0.25, 0.3) is 11.1 Å². The fourth-order valence-electron chi connectivity index (χ4n) is 7.85. The molecule has 318 valence electrons. The molecule has 0 spiro atoms. The van der Waals surface area contributed by atoms with E-state index in [-0.39, 0.29) is 24.4 Å². The van der Waals surface area contributed by atoms with E-state index in [0.29, 0.717) is 65.6 Å². The van der Waals surface area contributed by atoms with Crippen LogP contribution in [-0.4, -0.2) is 99.2 Å². The van der Waals surface area contributed by atoms with Gasteiger partial charge in [-0.15, -0.1) is 0 Å². The number of nitrogens with zero attached hydrogens (tertiary/aromatic N) is 4. The minimum Gasteiger partial charge on any atom is -0.453 e. The molecule has 2 aliphatic heterocycles. The van der Waals surface area contributed by atoms with Crippen molar-refractivity contribution >= 4 is 52.5 Å². The van der Waals surface area contributed by atoms with Gasteiger partial charge < -0.3 is 35.4 Å². The molecule has 6 rings (SSSR count). The number of hydrogen-bond donors (Lipinski definition) is 2. The number of carbonyl (C=O) groups excluding carboxylic acids is 3. The molecule has 2 heterocycles. The van der Waals surface area contributed by atoms with Crippen molar-refractivity contribution in [1.29, 1.82) is 0 Å². The molecule has 0 aromatic heterocycles. The van der Waals surface area contributed by atoms with Crippen LogP contribution in [0.4, 0.5) is 23.2 Å². The number of ether oxygens (including phenoxy) is 1. The Labute approximate surface area is 361 Å². The second-order valence-corrected chi connectivity index (χ2v) is 16.0. The van der Waals surface area contributed by atoms with Gasteiger partial charge in [0, 0.05) is 69.0 Å². The lowest BCUT2D eigenvalue weighted by atomic mass is 9.84. The summed E-state index contributed by atoms with van der Waals surface area (Å²) in [6.07, 6.45) is 5.93. The first-order valence-corrected chi connectivity index (χ1v) is 20.4. The Hall–Kier alpha value is -5.43. The number of halogens is 4. The third-order valence-electron chi connectivity index (χ3n) is 10.7. The smallest absolute Gasteiger partial charge is 0.406 e. The number of urea groups is 2. The van der Waals surface area contributed by atoms with Crippen molar-refractivity contribution < 1.29 is 27.9 Å². The lowest BCUT2D eigenvalue weighted by Gasteiger charge is -2.40. The molecule has 0 radical (unpaired) electrons. The monoisotopic (exact) mass is 860 g/mol. The molecule has 0 fully saturated rings. The van der Waals surface area contributed by atoms with Gasteiger partial charge in [-0.05, 0) is 103 Å². The standard InChI is InChI=1S/C24H27ClFN3O3.C22H25ClFN3O/c1-28(2)23(31)29-16-17(20-14-19(25)10-11-21(20)26)15-24(29,18-8-5-4-6-9-18)12-7-13-27-22(30)32-3;1-26(2)21(28)27-15-16(19-13-18(23)9-10-20(19)24)14-22(27,11-6-12-25)17-7-4-3-5-8-17/h4-6,8-11,14-15H,7,12-13,16H2,1-3H3,(H,27,30);3-5,7-10,13-14H,6,11-12,15,25H2,1-2H3. The van der Waals surface area contributed by atoms with Gasteiger partial charge in [-0.25, -0.2) is 23.2 Å². The summed E-state index contributed by atoms with van der Waals surface area (Å²) in [7, 11) is 8.13. The summed E-state index contributed by atoms with van der Waals surface area (Å²) < 4.78 is 33.9. The number of hydrogen-bond acceptors (Lipinski definition) is 5. The van der Waals surface area contributed by atoms with E-state index >= 15 is 0 Å². The summed E-state index contributed by atoms with van der Waals surface area (Å²) in [6.45, 7) is 1.41. The van der Waals surface area contributed by atoms with E-state index in [0.717, 1.165) is 23.1 Å². The second kappa shape index (κ2) is 20.2. The number of carbonyl (C=O) groups is 3. The molecular weight excluding hydrogens is 809 g/mol. The highest BCUT2D eigenvalue weighted by molar-refractivity contribution is 6.31. The van der Waals surface area contributed by atoms with Crippen LogP contribution in [0, 0.1) is 11.6 Å². The van der Waals surface area contributed by atoms with Crippen LogP contribution in [0.1, 0.15) is 47.9 Å². The van der Waals surface area contributed by atoms with Crippen LogP contribution >= 0.6 is 23.2 Å². The number of nitrogens with one attached hydrogen (secondary N) is 1. The van der Waals surface area contributed by atoms with Crippen LogP contribution in [0.5, 0.6) is 0 Å². The zero-order valence-electron chi connectivity index (χ0n) is 34.6. The summed E-state index contributed by atoms with van der Waals surface area (Å²) in [5.74, 6) is -0.746. The maximum atomic E-state index is 14.7. The average molecular weight is 862 g/mol. The number of nitrogens with two attached hydrogens (primary N) is 1. The fraction of sp³-hybridized carbons (Fsp3) is 0.326. The number of methoxy groups -OCH3 is 1. The molecule has 4 aromatic rings. The van der Waals surface area contributed by atoms with Gasteiger partial charge in [0.25, 0.3) is 0 Å². The van der Waals surface area contributed by atoms with Gasteiger partial charge in [0.15, 0.2) is 0 Å². The molecule has 0 saturated carbocycles. The Morgan fingerprint density at radius 2 is 1.12 bits per heavy atom. The van der Waals surface area contributed by atoms with Crippen molar-refractivity contribution in [3.05, 3.63) is 153 Å². The fourth-order valence-corrected chi connectivity index (χ4v) is 8.19. The van der Waals surface area contributed by atoms with Gasteiger partial charge in [0.05, 0.1) is 18.2 Å². The topological polar surface area (TPSA) is 111 Å². The summed E-state index contributed by atoms with van der Waals surface area (Å²) in [4.78, 5) is 44.4. The Kier molecular flexibility index (Phi) is 15.4. The van der Waals surface area contributed by atoms with Crippen molar-refractivity contribution in [2.45, 2.75) is 36.8 Å². The average Bonchev–Trinajstić information content (AvgIpc) is 3.84. The molecule has 0 saturated heterocycles. The summed E-state index contributed by atoms with van der Waals surface area (Å²) >= 11 is 12.3. The SMILES string of the molecule is CN(C)C(=O)N1CC(c2cc(Cl)ccc2F)=CC1(CCCN)c1ccccc1.COC(=O)NCCCC1(c2ccccc2)C=C(c2cc(Cl)ccc2F)CN1C(=O)N(C)C. The zero-order valence-corrected chi connectivity index (χ0v) is 36.1. The van der Waals surface area contributed by atoms with Gasteiger partial charge in [0.2, 0.25) is 0 Å². The molecule has 10 nitrogen and oxygen atoms in total. The normalized spacial score (nSPS) is 18.2. The molecule has 60 heavy (non-hydrogen) atoms. The van der Waals surface area contributed by atoms with E-state index in [1.165, 1.54) is 36.3 Å². The highest BCUT2D eigenvalue weighted by atomic mass is 35.5. The first kappa shape index (κ1) is 45.7. The Morgan fingerprint density at radius 3 is 1.50 bits per heavy atom. The predicted molar refractivity (Wildman–Crippen MR) is 235 cm³/mol. The number of alkyl carbamates (subject to hydrolysis) is 1. The molecule has 5 amide bonds. The Balaban J connectivity index is 0.000000230. The summed E-state index contributed by atoms with van der Waals surface area (Å²) in [5, 5.41) is 3.56. The van der Waals surface area contributed by atoms with Crippen molar-refractivity contribution in [1.82, 2.24) is 24.9 Å². The highest BCUT2D eigenvalue weighted by Crippen LogP contribution is 2.46. The Bertz CT molecular complexity index is 2210. The van der Waals surface area contributed by atoms with E-state index in [4.69, 9.17) is 28.9 Å². The lowest BCUT2D eigenvalue weighted by Crippen LogP contribution is -2.49. The van der Waals surface area contributed by atoms with Crippen molar-refractivity contribution in [3.8, 4) is 0 Å². The van der Waals surface area contributed by atoms with E-state index in [1.54, 1.807) is 55.0 Å². The van der Waals surface area contributed by atoms with E-state index in [1.807, 2.05) is 72.8 Å². The van der Waals surface area contributed by atoms with E-state index in [9.17, 15) is 23.2 Å². The summed E-state index contributed by atoms with van der Waals surface area (Å²) in [6, 6.07) is 28.1. The first-order chi connectivity index (χ1) is 28.7. The minimum absolute atomic E-state index is 0.130. The van der Waals surface area contributed by atoms with Crippen molar-refractivity contribution in [2.75, 3.05) is 61.5 Å². The van der Waals surface area contributed by atoms with Crippen LogP contribution in [0.3, 0.4) is 0 Å². The number of rotatable bonds is 11. The van der Waals surface area contributed by atoms with Crippen LogP contribution in [0.2, 0.25) is 10.0 Å². The maximum Gasteiger partial charge on any atom is 0.406 e. The Morgan fingerprint density at radius 1 is 0.700 bits per heavy atom. The molecule has 14 heteroatoms. The van der Waals surface area contributed by atoms with Gasteiger partial charge >= 0.3 is 18.2 Å². The maximum absolute atomic E-state index is 14.7. The quantitative estimate of drug-likeness (QED) is 0.146. The van der Waals surface area contributed by atoms with Crippen LogP contribution in [0.15, 0.2) is 109 Å². The van der Waals surface area contributed by atoms with Crippen LogP contribution < -0.4 is 11.1 Å². The first-order valence-electron chi connectivity index (χ1n) is 19.6. The second-order valence-electron chi connectivity index (χ2n) is 15.1. The van der Waals surface area contributed by atoms with Crippen LogP contribution in [-0.2, 0) is 15.8 Å². The molecule has 2 atom stereocenters. The van der Waals surface area contributed by atoms with Crippen molar-refractivity contribution in [3.63, 3.8) is 0 Å². The zero-order chi connectivity index (χ0) is 43.6.